The van der Waals surface area contributed by atoms with Crippen molar-refractivity contribution in [3.8, 4) is 0 Å². The third-order valence-corrected chi connectivity index (χ3v) is 1.83. The maximum atomic E-state index is 5.89. The second-order valence-electron chi connectivity index (χ2n) is 3.15. The van der Waals surface area contributed by atoms with Crippen molar-refractivity contribution in [3.63, 3.8) is 0 Å². The minimum Gasteiger partial charge on any atom is -0.322 e. The predicted molar refractivity (Wildman–Crippen MR) is 40.2 cm³/mol. The van der Waals surface area contributed by atoms with Crippen molar-refractivity contribution in [3.05, 3.63) is 12.2 Å². The lowest BCUT2D eigenvalue weighted by Gasteiger charge is -2.17. The highest BCUT2D eigenvalue weighted by atomic mass is 14.7. The molecule has 0 aromatic carbocycles. The van der Waals surface area contributed by atoms with Gasteiger partial charge < -0.3 is 5.73 Å². The Morgan fingerprint density at radius 2 is 2.22 bits per heavy atom. The lowest BCUT2D eigenvalue weighted by atomic mass is 9.98. The van der Waals surface area contributed by atoms with Crippen LogP contribution in [-0.2, 0) is 0 Å². The van der Waals surface area contributed by atoms with Crippen molar-refractivity contribution < 1.29 is 0 Å². The third kappa shape index (κ3) is 2.19. The molecule has 1 aliphatic rings. The van der Waals surface area contributed by atoms with Crippen molar-refractivity contribution >= 4 is 0 Å². The zero-order valence-electron chi connectivity index (χ0n) is 6.06. The summed E-state index contributed by atoms with van der Waals surface area (Å²) in [4.78, 5) is 0. The van der Waals surface area contributed by atoms with Crippen LogP contribution in [0.2, 0.25) is 0 Å². The number of hydrogen-bond donors (Lipinski definition) is 1. The van der Waals surface area contributed by atoms with E-state index in [1.807, 2.05) is 0 Å². The second-order valence-corrected chi connectivity index (χ2v) is 3.15. The zero-order chi connectivity index (χ0) is 6.74. The highest BCUT2D eigenvalue weighted by molar-refractivity contribution is 5.03. The standard InChI is InChI=1S/C8H15N/c1-8(9)6-4-2-3-5-7-8/h4,6H,2-3,5,7,9H2,1H3. The normalized spacial score (nSPS) is 36.2. The van der Waals surface area contributed by atoms with Gasteiger partial charge in [-0.3, -0.25) is 0 Å². The summed E-state index contributed by atoms with van der Waals surface area (Å²) in [7, 11) is 0. The van der Waals surface area contributed by atoms with Crippen LogP contribution < -0.4 is 5.73 Å². The van der Waals surface area contributed by atoms with Crippen molar-refractivity contribution in [2.24, 2.45) is 5.73 Å². The molecule has 0 saturated carbocycles. The molecule has 2 N–H and O–H groups in total. The van der Waals surface area contributed by atoms with Crippen molar-refractivity contribution in [2.45, 2.75) is 38.1 Å². The molecule has 1 heteroatoms. The summed E-state index contributed by atoms with van der Waals surface area (Å²) in [6, 6.07) is 0. The second kappa shape index (κ2) is 2.53. The fourth-order valence-electron chi connectivity index (χ4n) is 1.20. The van der Waals surface area contributed by atoms with Crippen LogP contribution in [-0.4, -0.2) is 5.54 Å². The summed E-state index contributed by atoms with van der Waals surface area (Å²) in [6.07, 6.45) is 9.28. The predicted octanol–water partition coefficient (Wildman–Crippen LogP) is 1.83. The molecule has 0 aliphatic heterocycles. The van der Waals surface area contributed by atoms with Gasteiger partial charge in [0.1, 0.15) is 0 Å². The first-order valence-corrected chi connectivity index (χ1v) is 3.67. The zero-order valence-corrected chi connectivity index (χ0v) is 6.06. The van der Waals surface area contributed by atoms with Crippen LogP contribution in [0.3, 0.4) is 0 Å². The average Bonchev–Trinajstić information content (AvgIpc) is 1.92. The molecule has 1 atom stereocenters. The molecule has 1 nitrogen and oxygen atoms in total. The Balaban J connectivity index is 2.52. The van der Waals surface area contributed by atoms with E-state index in [2.05, 4.69) is 19.1 Å². The Bertz CT molecular complexity index is 114. The summed E-state index contributed by atoms with van der Waals surface area (Å²) < 4.78 is 0. The Hall–Kier alpha value is -0.300. The number of nitrogens with two attached hydrogens (primary N) is 1. The van der Waals surface area contributed by atoms with Gasteiger partial charge in [0, 0.05) is 5.54 Å². The maximum Gasteiger partial charge on any atom is 0.0310 e. The van der Waals surface area contributed by atoms with Gasteiger partial charge in [0.2, 0.25) is 0 Å². The molecule has 0 aromatic heterocycles. The van der Waals surface area contributed by atoms with Gasteiger partial charge in [0.15, 0.2) is 0 Å². The fourth-order valence-corrected chi connectivity index (χ4v) is 1.20. The van der Waals surface area contributed by atoms with Gasteiger partial charge >= 0.3 is 0 Å². The number of hydrogen-bond acceptors (Lipinski definition) is 1. The SMILES string of the molecule is CC1(N)C=CCCCC1. The van der Waals surface area contributed by atoms with Gasteiger partial charge in [-0.15, -0.1) is 0 Å². The van der Waals surface area contributed by atoms with E-state index in [-0.39, 0.29) is 5.54 Å². The molecule has 1 aliphatic carbocycles. The van der Waals surface area contributed by atoms with Crippen molar-refractivity contribution in [1.82, 2.24) is 0 Å². The van der Waals surface area contributed by atoms with Gasteiger partial charge in [-0.2, -0.15) is 0 Å². The van der Waals surface area contributed by atoms with Crippen LogP contribution in [0.5, 0.6) is 0 Å². The maximum absolute atomic E-state index is 5.89. The van der Waals surface area contributed by atoms with Crippen LogP contribution >= 0.6 is 0 Å². The Morgan fingerprint density at radius 1 is 1.44 bits per heavy atom. The first-order valence-electron chi connectivity index (χ1n) is 3.67. The molecule has 0 heterocycles. The molecule has 0 spiro atoms. The van der Waals surface area contributed by atoms with Crippen LogP contribution in [0.15, 0.2) is 12.2 Å². The quantitative estimate of drug-likeness (QED) is 0.491. The van der Waals surface area contributed by atoms with Crippen LogP contribution in [0.4, 0.5) is 0 Å². The van der Waals surface area contributed by atoms with E-state index in [0.29, 0.717) is 0 Å². The van der Waals surface area contributed by atoms with Crippen molar-refractivity contribution in [1.29, 1.82) is 0 Å². The summed E-state index contributed by atoms with van der Waals surface area (Å²) in [5.41, 5.74) is 5.87. The van der Waals surface area contributed by atoms with E-state index in [9.17, 15) is 0 Å². The highest BCUT2D eigenvalue weighted by Gasteiger charge is 2.14. The van der Waals surface area contributed by atoms with Crippen LogP contribution in [0, 0.1) is 0 Å². The lowest BCUT2D eigenvalue weighted by molar-refractivity contribution is 0.514. The highest BCUT2D eigenvalue weighted by Crippen LogP contribution is 2.17. The minimum atomic E-state index is -0.0174. The Kier molecular flexibility index (Phi) is 1.91. The molecule has 9 heavy (non-hydrogen) atoms. The fraction of sp³-hybridized carbons (Fsp3) is 0.750. The topological polar surface area (TPSA) is 26.0 Å². The average molecular weight is 125 g/mol. The van der Waals surface area contributed by atoms with Gasteiger partial charge in [-0.05, 0) is 26.2 Å². The number of allylic oxidation sites excluding steroid dienone is 1. The summed E-state index contributed by atoms with van der Waals surface area (Å²) in [5.74, 6) is 0. The molecule has 0 bridgehead atoms. The first-order chi connectivity index (χ1) is 4.21. The van der Waals surface area contributed by atoms with Gasteiger partial charge in [-0.25, -0.2) is 0 Å². The van der Waals surface area contributed by atoms with E-state index in [4.69, 9.17) is 5.73 Å². The summed E-state index contributed by atoms with van der Waals surface area (Å²) in [6.45, 7) is 2.09. The van der Waals surface area contributed by atoms with E-state index in [1.54, 1.807) is 0 Å². The molecular weight excluding hydrogens is 110 g/mol. The minimum absolute atomic E-state index is 0.0174. The van der Waals surface area contributed by atoms with Crippen LogP contribution in [0.25, 0.3) is 0 Å². The molecular formula is C8H15N. The lowest BCUT2D eigenvalue weighted by Crippen LogP contribution is -2.32. The molecule has 0 amide bonds. The van der Waals surface area contributed by atoms with Crippen molar-refractivity contribution in [2.75, 3.05) is 0 Å². The Morgan fingerprint density at radius 3 is 3.00 bits per heavy atom. The van der Waals surface area contributed by atoms with E-state index < -0.39 is 0 Å². The summed E-state index contributed by atoms with van der Waals surface area (Å²) in [5, 5.41) is 0. The van der Waals surface area contributed by atoms with Gasteiger partial charge in [0.05, 0.1) is 0 Å². The Labute approximate surface area is 56.9 Å². The largest absolute Gasteiger partial charge is 0.322 e. The van der Waals surface area contributed by atoms with Gasteiger partial charge in [0.25, 0.3) is 0 Å². The molecule has 0 aromatic rings. The monoisotopic (exact) mass is 125 g/mol. The third-order valence-electron chi connectivity index (χ3n) is 1.83. The molecule has 52 valence electrons. The smallest absolute Gasteiger partial charge is 0.0310 e. The van der Waals surface area contributed by atoms with E-state index in [0.717, 1.165) is 6.42 Å². The van der Waals surface area contributed by atoms with E-state index in [1.165, 1.54) is 19.3 Å². The van der Waals surface area contributed by atoms with Gasteiger partial charge in [-0.1, -0.05) is 18.6 Å². The number of rotatable bonds is 0. The molecule has 0 fully saturated rings. The van der Waals surface area contributed by atoms with Crippen LogP contribution in [0.1, 0.15) is 32.6 Å². The summed E-state index contributed by atoms with van der Waals surface area (Å²) >= 11 is 0. The molecule has 0 saturated heterocycles. The van der Waals surface area contributed by atoms with E-state index >= 15 is 0 Å². The first kappa shape index (κ1) is 6.81. The molecule has 1 rings (SSSR count). The molecule has 1 unspecified atom stereocenters. The molecule has 0 radical (unpaired) electrons.